The van der Waals surface area contributed by atoms with Gasteiger partial charge in [0.05, 0.1) is 4.90 Å². The van der Waals surface area contributed by atoms with Gasteiger partial charge in [-0.2, -0.15) is 11.3 Å². The molecule has 7 heteroatoms. The van der Waals surface area contributed by atoms with E-state index in [4.69, 9.17) is 0 Å². The second-order valence-electron chi connectivity index (χ2n) is 3.91. The molecule has 102 valence electrons. The van der Waals surface area contributed by atoms with E-state index in [0.717, 1.165) is 5.56 Å². The number of thiophene rings is 1. The molecule has 2 rings (SSSR count). The molecule has 2 aromatic heterocycles. The summed E-state index contributed by atoms with van der Waals surface area (Å²) in [4.78, 5) is 4.21. The van der Waals surface area contributed by atoms with Crippen LogP contribution in [0.3, 0.4) is 0 Å². The van der Waals surface area contributed by atoms with Crippen LogP contribution in [0.1, 0.15) is 5.56 Å². The summed E-state index contributed by atoms with van der Waals surface area (Å²) < 4.78 is 26.7. The first-order valence-electron chi connectivity index (χ1n) is 5.76. The number of pyridine rings is 1. The van der Waals surface area contributed by atoms with E-state index in [9.17, 15) is 8.42 Å². The largest absolute Gasteiger partial charge is 0.373 e. The number of rotatable bonds is 6. The van der Waals surface area contributed by atoms with Crippen LogP contribution in [0, 0.1) is 0 Å². The van der Waals surface area contributed by atoms with Crippen LogP contribution >= 0.6 is 11.3 Å². The lowest BCUT2D eigenvalue weighted by Crippen LogP contribution is -2.26. The standard InChI is InChI=1S/C12H15N3O2S2/c1-13-12-8-11(3-5-14-12)19(16,17)15-6-2-10-4-7-18-9-10/h3-5,7-9,15H,2,6H2,1H3,(H,13,14). The normalized spacial score (nSPS) is 11.4. The zero-order valence-electron chi connectivity index (χ0n) is 10.5. The summed E-state index contributed by atoms with van der Waals surface area (Å²) in [7, 11) is -1.78. The molecule has 0 saturated carbocycles. The van der Waals surface area contributed by atoms with Gasteiger partial charge in [0.25, 0.3) is 0 Å². The highest BCUT2D eigenvalue weighted by Crippen LogP contribution is 2.12. The molecular weight excluding hydrogens is 282 g/mol. The number of nitrogens with zero attached hydrogens (tertiary/aromatic N) is 1. The third-order valence-corrected chi connectivity index (χ3v) is 4.77. The molecule has 0 fully saturated rings. The van der Waals surface area contributed by atoms with Crippen LogP contribution in [0.25, 0.3) is 0 Å². The molecule has 2 heterocycles. The molecule has 0 aromatic carbocycles. The Hall–Kier alpha value is -1.44. The van der Waals surface area contributed by atoms with Crippen molar-refractivity contribution in [3.8, 4) is 0 Å². The average molecular weight is 297 g/mol. The summed E-state index contributed by atoms with van der Waals surface area (Å²) in [5.41, 5.74) is 1.14. The van der Waals surface area contributed by atoms with Gasteiger partial charge in [0, 0.05) is 25.9 Å². The monoisotopic (exact) mass is 297 g/mol. The number of sulfonamides is 1. The van der Waals surface area contributed by atoms with E-state index in [1.807, 2.05) is 16.8 Å². The predicted molar refractivity (Wildman–Crippen MR) is 77.0 cm³/mol. The van der Waals surface area contributed by atoms with Gasteiger partial charge in [-0.25, -0.2) is 18.1 Å². The van der Waals surface area contributed by atoms with Gasteiger partial charge in [-0.15, -0.1) is 0 Å². The molecule has 5 nitrogen and oxygen atoms in total. The van der Waals surface area contributed by atoms with Crippen LogP contribution < -0.4 is 10.0 Å². The van der Waals surface area contributed by atoms with Crippen LogP contribution in [0.15, 0.2) is 40.1 Å². The molecule has 0 spiro atoms. The van der Waals surface area contributed by atoms with Crippen LogP contribution in [0.2, 0.25) is 0 Å². The summed E-state index contributed by atoms with van der Waals surface area (Å²) in [6, 6.07) is 4.98. The van der Waals surface area contributed by atoms with E-state index >= 15 is 0 Å². The molecule has 19 heavy (non-hydrogen) atoms. The maximum absolute atomic E-state index is 12.1. The average Bonchev–Trinajstić information content (AvgIpc) is 2.92. The summed E-state index contributed by atoms with van der Waals surface area (Å²) in [6.07, 6.45) is 2.16. The van der Waals surface area contributed by atoms with Crippen LogP contribution in [-0.2, 0) is 16.4 Å². The minimum absolute atomic E-state index is 0.220. The lowest BCUT2D eigenvalue weighted by Gasteiger charge is -2.07. The predicted octanol–water partition coefficient (Wildman–Crippen LogP) is 1.71. The lowest BCUT2D eigenvalue weighted by atomic mass is 10.2. The quantitative estimate of drug-likeness (QED) is 0.851. The highest BCUT2D eigenvalue weighted by Gasteiger charge is 2.13. The second-order valence-corrected chi connectivity index (χ2v) is 6.45. The Morgan fingerprint density at radius 1 is 1.37 bits per heavy atom. The van der Waals surface area contributed by atoms with E-state index in [0.29, 0.717) is 18.8 Å². The van der Waals surface area contributed by atoms with Crippen molar-refractivity contribution >= 4 is 27.2 Å². The third-order valence-electron chi connectivity index (χ3n) is 2.58. The number of anilines is 1. The Bertz CT molecular complexity index is 624. The van der Waals surface area contributed by atoms with Gasteiger partial charge in [0.2, 0.25) is 10.0 Å². The summed E-state index contributed by atoms with van der Waals surface area (Å²) >= 11 is 1.61. The van der Waals surface area contributed by atoms with Crippen molar-refractivity contribution in [1.82, 2.24) is 9.71 Å². The van der Waals surface area contributed by atoms with Crippen LogP contribution in [-0.4, -0.2) is 27.0 Å². The van der Waals surface area contributed by atoms with Crippen LogP contribution in [0.5, 0.6) is 0 Å². The van der Waals surface area contributed by atoms with E-state index in [-0.39, 0.29) is 4.90 Å². The Kier molecular flexibility index (Phi) is 4.52. The number of aromatic nitrogens is 1. The minimum atomic E-state index is -3.47. The lowest BCUT2D eigenvalue weighted by molar-refractivity contribution is 0.581. The van der Waals surface area contributed by atoms with Crippen molar-refractivity contribution in [2.75, 3.05) is 18.9 Å². The Balaban J connectivity index is 2.01. The molecule has 0 atom stereocenters. The maximum atomic E-state index is 12.1. The van der Waals surface area contributed by atoms with Crippen molar-refractivity contribution < 1.29 is 8.42 Å². The molecule has 0 radical (unpaired) electrons. The van der Waals surface area contributed by atoms with Gasteiger partial charge in [-0.1, -0.05) is 0 Å². The third kappa shape index (κ3) is 3.76. The first kappa shape index (κ1) is 14.0. The Labute approximate surface area is 116 Å². The van der Waals surface area contributed by atoms with E-state index in [1.165, 1.54) is 18.3 Å². The molecule has 0 amide bonds. The first-order valence-corrected chi connectivity index (χ1v) is 8.19. The van der Waals surface area contributed by atoms with Crippen molar-refractivity contribution in [3.63, 3.8) is 0 Å². The fraction of sp³-hybridized carbons (Fsp3) is 0.250. The SMILES string of the molecule is CNc1cc(S(=O)(=O)NCCc2ccsc2)ccn1. The van der Waals surface area contributed by atoms with E-state index in [1.54, 1.807) is 18.4 Å². The smallest absolute Gasteiger partial charge is 0.240 e. The Morgan fingerprint density at radius 2 is 2.21 bits per heavy atom. The maximum Gasteiger partial charge on any atom is 0.240 e. The number of nitrogens with one attached hydrogen (secondary N) is 2. The van der Waals surface area contributed by atoms with Gasteiger partial charge in [0.15, 0.2) is 0 Å². The molecule has 0 unspecified atom stereocenters. The number of hydrogen-bond donors (Lipinski definition) is 2. The highest BCUT2D eigenvalue weighted by molar-refractivity contribution is 7.89. The zero-order chi connectivity index (χ0) is 13.7. The molecule has 2 N–H and O–H groups in total. The summed E-state index contributed by atoms with van der Waals surface area (Å²) in [5, 5.41) is 6.81. The first-order chi connectivity index (χ1) is 9.12. The molecule has 0 aliphatic rings. The fourth-order valence-corrected chi connectivity index (χ4v) is 3.31. The van der Waals surface area contributed by atoms with Crippen molar-refractivity contribution in [2.45, 2.75) is 11.3 Å². The van der Waals surface area contributed by atoms with Crippen LogP contribution in [0.4, 0.5) is 5.82 Å². The Morgan fingerprint density at radius 3 is 2.89 bits per heavy atom. The second kappa shape index (κ2) is 6.14. The van der Waals surface area contributed by atoms with Gasteiger partial charge in [0.1, 0.15) is 5.82 Å². The topological polar surface area (TPSA) is 71.1 Å². The fourth-order valence-electron chi connectivity index (χ4n) is 1.56. The molecule has 0 saturated heterocycles. The van der Waals surface area contributed by atoms with Gasteiger partial charge in [-0.05, 0) is 34.9 Å². The minimum Gasteiger partial charge on any atom is -0.373 e. The molecule has 0 bridgehead atoms. The van der Waals surface area contributed by atoms with Crippen molar-refractivity contribution in [1.29, 1.82) is 0 Å². The van der Waals surface area contributed by atoms with Gasteiger partial charge >= 0.3 is 0 Å². The molecule has 0 aliphatic carbocycles. The zero-order valence-corrected chi connectivity index (χ0v) is 12.1. The highest BCUT2D eigenvalue weighted by atomic mass is 32.2. The number of hydrogen-bond acceptors (Lipinski definition) is 5. The van der Waals surface area contributed by atoms with E-state index in [2.05, 4.69) is 15.0 Å². The molecular formula is C12H15N3O2S2. The van der Waals surface area contributed by atoms with Gasteiger partial charge in [-0.3, -0.25) is 0 Å². The van der Waals surface area contributed by atoms with Crippen molar-refractivity contribution in [3.05, 3.63) is 40.7 Å². The summed E-state index contributed by atoms with van der Waals surface area (Å²) in [6.45, 7) is 0.385. The van der Waals surface area contributed by atoms with Gasteiger partial charge < -0.3 is 5.32 Å². The van der Waals surface area contributed by atoms with Crippen molar-refractivity contribution in [2.24, 2.45) is 0 Å². The molecule has 2 aromatic rings. The molecule has 0 aliphatic heterocycles. The summed E-state index contributed by atoms with van der Waals surface area (Å²) in [5.74, 6) is 0.528. The van der Waals surface area contributed by atoms with E-state index < -0.39 is 10.0 Å².